The van der Waals surface area contributed by atoms with Crippen molar-refractivity contribution in [3.8, 4) is 0 Å². The van der Waals surface area contributed by atoms with Gasteiger partial charge in [0.15, 0.2) is 5.76 Å². The van der Waals surface area contributed by atoms with Gasteiger partial charge in [-0.15, -0.1) is 0 Å². The van der Waals surface area contributed by atoms with Gasteiger partial charge in [-0.25, -0.2) is 4.79 Å². The maximum absolute atomic E-state index is 13.3. The molecular weight excluding hydrogens is 372 g/mol. The summed E-state index contributed by atoms with van der Waals surface area (Å²) in [6, 6.07) is 0. The molecule has 1 heterocycles. The first-order valence-electron chi connectivity index (χ1n) is 10.3. The van der Waals surface area contributed by atoms with Crippen molar-refractivity contribution in [3.63, 3.8) is 0 Å². The summed E-state index contributed by atoms with van der Waals surface area (Å²) in [5.74, 6) is -1.08. The molecule has 1 aromatic heterocycles. The number of ether oxygens (including phenoxy) is 2. The number of carbonyl (C=O) groups excluding carboxylic acids is 3. The summed E-state index contributed by atoms with van der Waals surface area (Å²) < 4.78 is 17.0. The Labute approximate surface area is 171 Å². The molecular formula is C23H30O6. The number of ketones is 1. The molecule has 0 spiro atoms. The molecule has 29 heavy (non-hydrogen) atoms. The number of rotatable bonds is 4. The molecule has 2 aliphatic carbocycles. The highest BCUT2D eigenvalue weighted by molar-refractivity contribution is 5.99. The van der Waals surface area contributed by atoms with Crippen molar-refractivity contribution in [1.82, 2.24) is 0 Å². The van der Waals surface area contributed by atoms with E-state index in [2.05, 4.69) is 0 Å². The van der Waals surface area contributed by atoms with Crippen molar-refractivity contribution in [3.05, 3.63) is 34.8 Å². The van der Waals surface area contributed by atoms with Crippen LogP contribution in [0.25, 0.3) is 0 Å². The van der Waals surface area contributed by atoms with Crippen LogP contribution in [0.15, 0.2) is 22.3 Å². The fourth-order valence-corrected chi connectivity index (χ4v) is 4.84. The van der Waals surface area contributed by atoms with Crippen LogP contribution >= 0.6 is 0 Å². The van der Waals surface area contributed by atoms with Crippen molar-refractivity contribution in [1.29, 1.82) is 0 Å². The predicted molar refractivity (Wildman–Crippen MR) is 106 cm³/mol. The summed E-state index contributed by atoms with van der Waals surface area (Å²) in [6.07, 6.45) is 3.90. The summed E-state index contributed by atoms with van der Waals surface area (Å²) in [6.45, 7) is 11.1. The number of fused-ring (bicyclic) bond motifs is 2. The van der Waals surface area contributed by atoms with Gasteiger partial charge in [0.2, 0.25) is 5.78 Å². The first kappa shape index (κ1) is 21.3. The first-order valence-corrected chi connectivity index (χ1v) is 10.3. The van der Waals surface area contributed by atoms with Crippen LogP contribution in [0.2, 0.25) is 0 Å². The third-order valence-corrected chi connectivity index (χ3v) is 6.81. The zero-order chi connectivity index (χ0) is 21.5. The van der Waals surface area contributed by atoms with Gasteiger partial charge >= 0.3 is 11.9 Å². The molecule has 0 bridgehead atoms. The van der Waals surface area contributed by atoms with E-state index < -0.39 is 23.4 Å². The minimum atomic E-state index is -0.612. The minimum Gasteiger partial charge on any atom is -0.463 e. The molecule has 0 radical (unpaired) electrons. The largest absolute Gasteiger partial charge is 0.463 e. The van der Waals surface area contributed by atoms with Crippen molar-refractivity contribution >= 4 is 17.7 Å². The predicted octanol–water partition coefficient (Wildman–Crippen LogP) is 4.71. The van der Waals surface area contributed by atoms with Crippen LogP contribution in [0, 0.1) is 24.2 Å². The zero-order valence-corrected chi connectivity index (χ0v) is 18.0. The fraction of sp³-hybridized carbons (Fsp3) is 0.609. The second-order valence-electron chi connectivity index (χ2n) is 8.71. The molecule has 1 saturated carbocycles. The van der Waals surface area contributed by atoms with Crippen molar-refractivity contribution in [2.75, 3.05) is 0 Å². The molecule has 1 fully saturated rings. The second kappa shape index (κ2) is 7.81. The third-order valence-electron chi connectivity index (χ3n) is 6.81. The van der Waals surface area contributed by atoms with Gasteiger partial charge in [-0.05, 0) is 44.6 Å². The molecule has 0 aliphatic heterocycles. The molecule has 0 amide bonds. The Morgan fingerprint density at radius 2 is 1.97 bits per heavy atom. The SMILES string of the molecule is CCC(C)=CC(=O)O[C@@H]1c2c(C)coc2C(=O)[C@@H]2C[C@@H](OC(C)=O)C[C@H](C)[C@@]12C. The Morgan fingerprint density at radius 1 is 1.28 bits per heavy atom. The Morgan fingerprint density at radius 3 is 2.59 bits per heavy atom. The van der Waals surface area contributed by atoms with E-state index in [0.29, 0.717) is 18.4 Å². The lowest BCUT2D eigenvalue weighted by atomic mass is 9.53. The van der Waals surface area contributed by atoms with Gasteiger partial charge in [0.05, 0.1) is 6.26 Å². The molecule has 0 N–H and O–H groups in total. The summed E-state index contributed by atoms with van der Waals surface area (Å²) in [5.41, 5.74) is 1.79. The molecule has 2 aliphatic rings. The number of allylic oxidation sites excluding steroid dienone is 1. The van der Waals surface area contributed by atoms with Gasteiger partial charge in [0, 0.05) is 29.9 Å². The van der Waals surface area contributed by atoms with Crippen molar-refractivity contribution in [2.45, 2.75) is 73.0 Å². The summed E-state index contributed by atoms with van der Waals surface area (Å²) in [4.78, 5) is 37.5. The number of carbonyl (C=O) groups is 3. The molecule has 3 rings (SSSR count). The lowest BCUT2D eigenvalue weighted by Gasteiger charge is -2.53. The molecule has 5 atom stereocenters. The Kier molecular flexibility index (Phi) is 5.74. The smallest absolute Gasteiger partial charge is 0.331 e. The quantitative estimate of drug-likeness (QED) is 0.536. The van der Waals surface area contributed by atoms with Crippen LogP contribution in [0.5, 0.6) is 0 Å². The van der Waals surface area contributed by atoms with Crippen LogP contribution < -0.4 is 0 Å². The van der Waals surface area contributed by atoms with E-state index in [1.165, 1.54) is 13.0 Å². The first-order chi connectivity index (χ1) is 13.6. The van der Waals surface area contributed by atoms with E-state index in [1.54, 1.807) is 6.26 Å². The number of hydrogen-bond donors (Lipinski definition) is 0. The summed E-state index contributed by atoms with van der Waals surface area (Å²) in [5, 5.41) is 0. The standard InChI is InChI=1S/C23H30O6/c1-7-12(2)8-18(25)29-22-19-13(3)11-27-21(19)20(26)17-10-16(28-15(5)24)9-14(4)23(17,22)6/h8,11,14,16-17,22H,7,9-10H2,1-6H3/t14-,16-,17-,22+,23+/m0/s1. The van der Waals surface area contributed by atoms with E-state index in [1.807, 2.05) is 34.6 Å². The van der Waals surface area contributed by atoms with Crippen molar-refractivity contribution < 1.29 is 28.3 Å². The topological polar surface area (TPSA) is 82.8 Å². The van der Waals surface area contributed by atoms with Gasteiger partial charge < -0.3 is 13.9 Å². The molecule has 0 aromatic carbocycles. The van der Waals surface area contributed by atoms with Crippen molar-refractivity contribution in [2.24, 2.45) is 17.3 Å². The van der Waals surface area contributed by atoms with Crippen LogP contribution in [0.3, 0.4) is 0 Å². The molecule has 0 saturated heterocycles. The monoisotopic (exact) mass is 402 g/mol. The van der Waals surface area contributed by atoms with Gasteiger partial charge in [-0.2, -0.15) is 0 Å². The van der Waals surface area contributed by atoms with Crippen LogP contribution in [-0.2, 0) is 19.1 Å². The second-order valence-corrected chi connectivity index (χ2v) is 8.71. The molecule has 6 nitrogen and oxygen atoms in total. The average molecular weight is 402 g/mol. The molecule has 158 valence electrons. The highest BCUT2D eigenvalue weighted by Crippen LogP contribution is 2.59. The maximum Gasteiger partial charge on any atom is 0.331 e. The van der Waals surface area contributed by atoms with Gasteiger partial charge in [0.25, 0.3) is 0 Å². The van der Waals surface area contributed by atoms with Gasteiger partial charge in [-0.3, -0.25) is 9.59 Å². The number of hydrogen-bond acceptors (Lipinski definition) is 6. The number of Topliss-reactive ketones (excluding diaryl/α,β-unsaturated/α-hetero) is 1. The molecule has 1 aromatic rings. The summed E-state index contributed by atoms with van der Waals surface area (Å²) in [7, 11) is 0. The highest BCUT2D eigenvalue weighted by Gasteiger charge is 2.60. The van der Waals surface area contributed by atoms with Gasteiger partial charge in [0.1, 0.15) is 12.2 Å². The van der Waals surface area contributed by atoms with Crippen LogP contribution in [-0.4, -0.2) is 23.8 Å². The van der Waals surface area contributed by atoms with Gasteiger partial charge in [-0.1, -0.05) is 26.3 Å². The molecule has 0 unspecified atom stereocenters. The van der Waals surface area contributed by atoms with Crippen LogP contribution in [0.1, 0.15) is 81.7 Å². The summed E-state index contributed by atoms with van der Waals surface area (Å²) >= 11 is 0. The highest BCUT2D eigenvalue weighted by atomic mass is 16.5. The Bertz CT molecular complexity index is 863. The van der Waals surface area contributed by atoms with E-state index in [4.69, 9.17) is 13.9 Å². The number of furan rings is 1. The van der Waals surface area contributed by atoms with E-state index in [9.17, 15) is 14.4 Å². The Hall–Kier alpha value is -2.37. The maximum atomic E-state index is 13.3. The number of aryl methyl sites for hydroxylation is 1. The van der Waals surface area contributed by atoms with E-state index in [0.717, 1.165) is 17.6 Å². The minimum absolute atomic E-state index is 0.00829. The fourth-order valence-electron chi connectivity index (χ4n) is 4.84. The van der Waals surface area contributed by atoms with E-state index >= 15 is 0 Å². The lowest BCUT2D eigenvalue weighted by molar-refractivity contribution is -0.169. The zero-order valence-electron chi connectivity index (χ0n) is 18.0. The average Bonchev–Trinajstić information content (AvgIpc) is 3.02. The third kappa shape index (κ3) is 3.65. The Balaban J connectivity index is 2.05. The normalized spacial score (nSPS) is 31.7. The number of esters is 2. The van der Waals surface area contributed by atoms with Crippen LogP contribution in [0.4, 0.5) is 0 Å². The lowest BCUT2D eigenvalue weighted by Crippen LogP contribution is -2.53. The van der Waals surface area contributed by atoms with E-state index in [-0.39, 0.29) is 29.5 Å². The molecule has 6 heteroatoms.